The molecule has 2 radical (unpaired) electrons. The van der Waals surface area contributed by atoms with Gasteiger partial charge in [-0.25, -0.2) is 9.78 Å². The largest absolute Gasteiger partial charge is 0.507 e. The molecule has 0 amide bonds. The zero-order valence-corrected chi connectivity index (χ0v) is 21.0. The Balaban J connectivity index is 0.00000160. The molecular formula is C20H13NNa2O6S. The van der Waals surface area contributed by atoms with Crippen LogP contribution in [-0.2, 0) is 10.1 Å². The van der Waals surface area contributed by atoms with E-state index in [0.717, 1.165) is 0 Å². The zero-order chi connectivity index (χ0) is 20.1. The normalized spacial score (nSPS) is 11.0. The fraction of sp³-hybridized carbons (Fsp3) is 0. The standard InChI is InChI=1S/C20H13NO6S.2Na/c22-18-4-2-1-3-14(18)17-10-15(20(23)24)19-13-7-6-12(28(25,26)27)9-11(13)5-8-16(19)21-17;;/h1-10,22H,(H,23,24)(H,25,26,27);;. The summed E-state index contributed by atoms with van der Waals surface area (Å²) in [6.07, 6.45) is 0. The number of hydrogen-bond donors (Lipinski definition) is 3. The number of carbonyl (C=O) groups is 1. The van der Waals surface area contributed by atoms with E-state index in [1.807, 2.05) is 0 Å². The van der Waals surface area contributed by atoms with E-state index < -0.39 is 16.1 Å². The topological polar surface area (TPSA) is 125 Å². The van der Waals surface area contributed by atoms with Crippen molar-refractivity contribution in [3.05, 3.63) is 66.2 Å². The molecule has 0 saturated carbocycles. The van der Waals surface area contributed by atoms with Crippen LogP contribution in [0.5, 0.6) is 5.75 Å². The number of hydrogen-bond acceptors (Lipinski definition) is 5. The fourth-order valence-electron chi connectivity index (χ4n) is 3.20. The maximum absolute atomic E-state index is 11.9. The molecular weight excluding hydrogens is 428 g/mol. The third-order valence-electron chi connectivity index (χ3n) is 4.47. The summed E-state index contributed by atoms with van der Waals surface area (Å²) in [7, 11) is -4.38. The second-order valence-electron chi connectivity index (χ2n) is 6.20. The van der Waals surface area contributed by atoms with Crippen LogP contribution in [0.3, 0.4) is 0 Å². The summed E-state index contributed by atoms with van der Waals surface area (Å²) in [5.74, 6) is -1.21. The summed E-state index contributed by atoms with van der Waals surface area (Å²) in [5, 5.41) is 21.1. The van der Waals surface area contributed by atoms with Gasteiger partial charge in [-0.2, -0.15) is 8.42 Å². The molecule has 4 rings (SSSR count). The molecule has 0 aliphatic carbocycles. The first-order valence-electron chi connectivity index (χ1n) is 8.12. The molecule has 1 aromatic heterocycles. The number of benzene rings is 3. The van der Waals surface area contributed by atoms with Crippen molar-refractivity contribution in [2.24, 2.45) is 0 Å². The molecule has 0 bridgehead atoms. The van der Waals surface area contributed by atoms with Gasteiger partial charge in [-0.1, -0.05) is 24.3 Å². The molecule has 3 N–H and O–H groups in total. The van der Waals surface area contributed by atoms with Crippen LogP contribution in [0.15, 0.2) is 65.6 Å². The number of para-hydroxylation sites is 1. The van der Waals surface area contributed by atoms with Crippen LogP contribution in [0.4, 0.5) is 0 Å². The van der Waals surface area contributed by atoms with Gasteiger partial charge in [0, 0.05) is 70.1 Å². The molecule has 1 heterocycles. The molecule has 0 aliphatic heterocycles. The van der Waals surface area contributed by atoms with Gasteiger partial charge in [-0.15, -0.1) is 0 Å². The second kappa shape index (κ2) is 9.33. The van der Waals surface area contributed by atoms with Crippen molar-refractivity contribution in [2.45, 2.75) is 4.90 Å². The quantitative estimate of drug-likeness (QED) is 0.254. The van der Waals surface area contributed by atoms with Gasteiger partial charge in [-0.05, 0) is 47.2 Å². The number of nitrogens with zero attached hydrogens (tertiary/aromatic N) is 1. The van der Waals surface area contributed by atoms with Crippen LogP contribution < -0.4 is 0 Å². The summed E-state index contributed by atoms with van der Waals surface area (Å²) >= 11 is 0. The Hall–Kier alpha value is -1.49. The van der Waals surface area contributed by atoms with E-state index in [9.17, 15) is 28.0 Å². The summed E-state index contributed by atoms with van der Waals surface area (Å²) in [4.78, 5) is 16.1. The van der Waals surface area contributed by atoms with Crippen LogP contribution in [0.25, 0.3) is 32.9 Å². The van der Waals surface area contributed by atoms with E-state index in [1.165, 1.54) is 30.3 Å². The number of aromatic carboxylic acids is 1. The number of fused-ring (bicyclic) bond motifs is 3. The number of pyridine rings is 1. The smallest absolute Gasteiger partial charge is 0.336 e. The molecule has 0 spiro atoms. The summed E-state index contributed by atoms with van der Waals surface area (Å²) in [6, 6.07) is 14.9. The molecule has 10 heteroatoms. The van der Waals surface area contributed by atoms with Crippen molar-refractivity contribution in [3.8, 4) is 17.0 Å². The second-order valence-corrected chi connectivity index (χ2v) is 7.62. The van der Waals surface area contributed by atoms with Gasteiger partial charge in [0.15, 0.2) is 0 Å². The minimum atomic E-state index is -4.38. The van der Waals surface area contributed by atoms with E-state index in [0.29, 0.717) is 32.9 Å². The Kier molecular flexibility index (Phi) is 7.71. The Morgan fingerprint density at radius 2 is 1.63 bits per heavy atom. The molecule has 3 aromatic carbocycles. The van der Waals surface area contributed by atoms with Gasteiger partial charge in [0.05, 0.1) is 21.7 Å². The number of carboxylic acid groups (broad SMARTS) is 1. The Bertz CT molecular complexity index is 1390. The van der Waals surface area contributed by atoms with Crippen LogP contribution in [0.2, 0.25) is 0 Å². The SMILES string of the molecule is O=C(O)c1cc(-c2ccccc2O)nc2ccc3cc(S(=O)(=O)O)ccc3c12.[Na].[Na]. The van der Waals surface area contributed by atoms with Crippen LogP contribution >= 0.6 is 0 Å². The molecule has 0 saturated heterocycles. The Morgan fingerprint density at radius 3 is 2.27 bits per heavy atom. The molecule has 7 nitrogen and oxygen atoms in total. The first kappa shape index (κ1) is 24.8. The van der Waals surface area contributed by atoms with Crippen molar-refractivity contribution in [2.75, 3.05) is 0 Å². The predicted octanol–water partition coefficient (Wildman–Crippen LogP) is 2.94. The zero-order valence-electron chi connectivity index (χ0n) is 16.2. The Morgan fingerprint density at radius 1 is 0.933 bits per heavy atom. The number of phenolic OH excluding ortho intramolecular Hbond substituents is 1. The third kappa shape index (κ3) is 4.56. The van der Waals surface area contributed by atoms with Crippen molar-refractivity contribution in [3.63, 3.8) is 0 Å². The number of rotatable bonds is 3. The summed E-state index contributed by atoms with van der Waals surface area (Å²) < 4.78 is 32.0. The van der Waals surface area contributed by atoms with Gasteiger partial charge in [0.1, 0.15) is 5.75 Å². The third-order valence-corrected chi connectivity index (χ3v) is 5.32. The van der Waals surface area contributed by atoms with E-state index in [4.69, 9.17) is 0 Å². The molecule has 0 aliphatic rings. The van der Waals surface area contributed by atoms with Crippen molar-refractivity contribution in [1.29, 1.82) is 0 Å². The number of aromatic hydroxyl groups is 1. The average Bonchev–Trinajstić information content (AvgIpc) is 2.66. The van der Waals surface area contributed by atoms with E-state index in [-0.39, 0.29) is 75.3 Å². The van der Waals surface area contributed by atoms with E-state index in [1.54, 1.807) is 30.3 Å². The van der Waals surface area contributed by atoms with Crippen LogP contribution in [0, 0.1) is 0 Å². The summed E-state index contributed by atoms with van der Waals surface area (Å²) in [5.41, 5.74) is 1.05. The monoisotopic (exact) mass is 441 g/mol. The molecule has 30 heavy (non-hydrogen) atoms. The molecule has 142 valence electrons. The minimum absolute atomic E-state index is 0. The molecule has 4 aromatic rings. The van der Waals surface area contributed by atoms with E-state index in [2.05, 4.69) is 4.98 Å². The Labute approximate surface area is 216 Å². The van der Waals surface area contributed by atoms with Crippen molar-refractivity contribution >= 4 is 96.9 Å². The molecule has 0 fully saturated rings. The van der Waals surface area contributed by atoms with Gasteiger partial charge < -0.3 is 10.2 Å². The predicted molar refractivity (Wildman–Crippen MR) is 115 cm³/mol. The van der Waals surface area contributed by atoms with Gasteiger partial charge in [0.25, 0.3) is 10.1 Å². The molecule has 0 unspecified atom stereocenters. The summed E-state index contributed by atoms with van der Waals surface area (Å²) in [6.45, 7) is 0. The first-order chi connectivity index (χ1) is 13.3. The van der Waals surface area contributed by atoms with Gasteiger partial charge >= 0.3 is 5.97 Å². The van der Waals surface area contributed by atoms with Gasteiger partial charge in [0.2, 0.25) is 0 Å². The van der Waals surface area contributed by atoms with Crippen molar-refractivity contribution in [1.82, 2.24) is 4.98 Å². The average molecular weight is 441 g/mol. The first-order valence-corrected chi connectivity index (χ1v) is 9.56. The van der Waals surface area contributed by atoms with Crippen molar-refractivity contribution < 1.29 is 28.0 Å². The van der Waals surface area contributed by atoms with E-state index >= 15 is 0 Å². The number of carboxylic acids is 1. The maximum Gasteiger partial charge on any atom is 0.336 e. The fourth-order valence-corrected chi connectivity index (χ4v) is 3.72. The van der Waals surface area contributed by atoms with Crippen LogP contribution in [0.1, 0.15) is 10.4 Å². The van der Waals surface area contributed by atoms with Gasteiger partial charge in [-0.3, -0.25) is 4.55 Å². The van der Waals surface area contributed by atoms with Crippen LogP contribution in [-0.4, -0.2) is 93.3 Å². The maximum atomic E-state index is 11.9. The number of phenols is 1. The minimum Gasteiger partial charge on any atom is -0.507 e. The molecule has 0 atom stereocenters. The number of aromatic nitrogens is 1.